The fraction of sp³-hybridized carbons (Fsp3) is 0.550. The number of unbranched alkanes of at least 4 members (excludes halogenated alkanes) is 2. The second-order valence-corrected chi connectivity index (χ2v) is 7.62. The standard InChI is InChI=1S/C20H29N3O3S/c1-4-6-11-21-20-23(12-7-5-2)19(25)17(27-20)14-18(24)22-15-9-8-10-16(13-15)26-3/h8-10,13,17H,4-7,11-12,14H2,1-3H3,(H,22,24). The molecule has 0 radical (unpaired) electrons. The quantitative estimate of drug-likeness (QED) is 0.614. The van der Waals surface area contributed by atoms with E-state index in [0.717, 1.165) is 37.4 Å². The van der Waals surface area contributed by atoms with E-state index in [1.165, 1.54) is 11.8 Å². The Bertz CT molecular complexity index is 678. The van der Waals surface area contributed by atoms with E-state index in [2.05, 4.69) is 24.2 Å². The lowest BCUT2D eigenvalue weighted by Gasteiger charge is -2.16. The number of amides is 2. The molecule has 1 aliphatic rings. The number of benzene rings is 1. The van der Waals surface area contributed by atoms with Crippen molar-refractivity contribution in [2.75, 3.05) is 25.5 Å². The molecule has 0 aromatic heterocycles. The van der Waals surface area contributed by atoms with Gasteiger partial charge in [0.25, 0.3) is 0 Å². The average molecular weight is 392 g/mol. The van der Waals surface area contributed by atoms with Crippen LogP contribution in [0.25, 0.3) is 0 Å². The molecule has 2 rings (SSSR count). The van der Waals surface area contributed by atoms with Crippen LogP contribution in [0.1, 0.15) is 46.0 Å². The molecule has 1 aromatic rings. The van der Waals surface area contributed by atoms with E-state index in [9.17, 15) is 9.59 Å². The summed E-state index contributed by atoms with van der Waals surface area (Å²) in [4.78, 5) is 31.5. The van der Waals surface area contributed by atoms with Crippen molar-refractivity contribution in [3.8, 4) is 5.75 Å². The lowest BCUT2D eigenvalue weighted by molar-refractivity contribution is -0.128. The Morgan fingerprint density at radius 1 is 1.30 bits per heavy atom. The molecular weight excluding hydrogens is 362 g/mol. The van der Waals surface area contributed by atoms with Crippen molar-refractivity contribution < 1.29 is 14.3 Å². The maximum absolute atomic E-state index is 12.8. The number of rotatable bonds is 10. The highest BCUT2D eigenvalue weighted by molar-refractivity contribution is 8.15. The molecule has 7 heteroatoms. The minimum Gasteiger partial charge on any atom is -0.497 e. The van der Waals surface area contributed by atoms with Gasteiger partial charge in [0.15, 0.2) is 5.17 Å². The number of hydrogen-bond donors (Lipinski definition) is 1. The number of carbonyl (C=O) groups excluding carboxylic acids is 2. The Labute approximate surface area is 165 Å². The molecule has 1 atom stereocenters. The van der Waals surface area contributed by atoms with Crippen molar-refractivity contribution in [2.24, 2.45) is 4.99 Å². The zero-order chi connectivity index (χ0) is 19.6. The number of anilines is 1. The van der Waals surface area contributed by atoms with E-state index in [1.807, 2.05) is 12.1 Å². The predicted octanol–water partition coefficient (Wildman–Crippen LogP) is 3.92. The SMILES string of the molecule is CCCCN=C1SC(CC(=O)Nc2cccc(OC)c2)C(=O)N1CCCC. The number of nitrogens with zero attached hydrogens (tertiary/aromatic N) is 2. The number of hydrogen-bond acceptors (Lipinski definition) is 5. The monoisotopic (exact) mass is 391 g/mol. The molecule has 1 fully saturated rings. The van der Waals surface area contributed by atoms with Gasteiger partial charge in [-0.2, -0.15) is 0 Å². The van der Waals surface area contributed by atoms with Crippen LogP contribution in [0.4, 0.5) is 5.69 Å². The average Bonchev–Trinajstić information content (AvgIpc) is 2.95. The fourth-order valence-corrected chi connectivity index (χ4v) is 3.89. The van der Waals surface area contributed by atoms with Crippen LogP contribution in [0.2, 0.25) is 0 Å². The molecule has 0 spiro atoms. The first kappa shape index (κ1) is 21.3. The van der Waals surface area contributed by atoms with Gasteiger partial charge in [0.05, 0.1) is 7.11 Å². The third kappa shape index (κ3) is 6.27. The van der Waals surface area contributed by atoms with Crippen LogP contribution >= 0.6 is 11.8 Å². The van der Waals surface area contributed by atoms with Gasteiger partial charge in [-0.25, -0.2) is 0 Å². The van der Waals surface area contributed by atoms with Crippen molar-refractivity contribution >= 4 is 34.4 Å². The van der Waals surface area contributed by atoms with Crippen LogP contribution in [0.15, 0.2) is 29.3 Å². The zero-order valence-electron chi connectivity index (χ0n) is 16.4. The van der Waals surface area contributed by atoms with E-state index < -0.39 is 5.25 Å². The third-order valence-corrected chi connectivity index (χ3v) is 5.45. The number of carbonyl (C=O) groups is 2. The van der Waals surface area contributed by atoms with Crippen LogP contribution < -0.4 is 10.1 Å². The number of thioether (sulfide) groups is 1. The van der Waals surface area contributed by atoms with Crippen LogP contribution in [0.3, 0.4) is 0 Å². The van der Waals surface area contributed by atoms with Crippen LogP contribution in [-0.2, 0) is 9.59 Å². The molecule has 2 amide bonds. The second kappa shape index (κ2) is 11.0. The highest BCUT2D eigenvalue weighted by Gasteiger charge is 2.38. The van der Waals surface area contributed by atoms with Gasteiger partial charge in [0, 0.05) is 31.3 Å². The van der Waals surface area contributed by atoms with Crippen molar-refractivity contribution in [3.63, 3.8) is 0 Å². The highest BCUT2D eigenvalue weighted by Crippen LogP contribution is 2.30. The lowest BCUT2D eigenvalue weighted by atomic mass is 10.2. The minimum absolute atomic E-state index is 0.00973. The Hall–Kier alpha value is -2.02. The van der Waals surface area contributed by atoms with Gasteiger partial charge < -0.3 is 10.1 Å². The van der Waals surface area contributed by atoms with Gasteiger partial charge in [0.1, 0.15) is 11.0 Å². The Morgan fingerprint density at radius 2 is 2.07 bits per heavy atom. The summed E-state index contributed by atoms with van der Waals surface area (Å²) in [6.45, 7) is 5.60. The number of aliphatic imine (C=N–C) groups is 1. The van der Waals surface area contributed by atoms with Crippen molar-refractivity contribution in [1.29, 1.82) is 0 Å². The molecule has 27 heavy (non-hydrogen) atoms. The topological polar surface area (TPSA) is 71.0 Å². The summed E-state index contributed by atoms with van der Waals surface area (Å²) in [5.41, 5.74) is 0.662. The molecule has 1 aliphatic heterocycles. The molecule has 0 saturated carbocycles. The van der Waals surface area contributed by atoms with E-state index in [4.69, 9.17) is 4.74 Å². The van der Waals surface area contributed by atoms with Crippen LogP contribution in [-0.4, -0.2) is 47.3 Å². The van der Waals surface area contributed by atoms with Crippen molar-refractivity contribution in [3.05, 3.63) is 24.3 Å². The summed E-state index contributed by atoms with van der Waals surface area (Å²) < 4.78 is 5.17. The largest absolute Gasteiger partial charge is 0.497 e. The van der Waals surface area contributed by atoms with E-state index in [0.29, 0.717) is 18.0 Å². The smallest absolute Gasteiger partial charge is 0.242 e. The Kier molecular flexibility index (Phi) is 8.64. The highest BCUT2D eigenvalue weighted by atomic mass is 32.2. The van der Waals surface area contributed by atoms with Gasteiger partial charge in [-0.3, -0.25) is 19.5 Å². The molecule has 1 N–H and O–H groups in total. The zero-order valence-corrected chi connectivity index (χ0v) is 17.2. The summed E-state index contributed by atoms with van der Waals surface area (Å²) in [5.74, 6) is 0.485. The second-order valence-electron chi connectivity index (χ2n) is 6.45. The Morgan fingerprint density at radius 3 is 2.78 bits per heavy atom. The van der Waals surface area contributed by atoms with Crippen LogP contribution in [0, 0.1) is 0 Å². The van der Waals surface area contributed by atoms with Crippen molar-refractivity contribution in [1.82, 2.24) is 4.90 Å². The van der Waals surface area contributed by atoms with Gasteiger partial charge in [-0.05, 0) is 25.0 Å². The summed E-state index contributed by atoms with van der Waals surface area (Å²) in [6, 6.07) is 7.19. The summed E-state index contributed by atoms with van der Waals surface area (Å²) >= 11 is 1.42. The maximum Gasteiger partial charge on any atom is 0.242 e. The normalized spacial score (nSPS) is 18.2. The molecule has 0 bridgehead atoms. The van der Waals surface area contributed by atoms with E-state index in [-0.39, 0.29) is 18.2 Å². The molecule has 6 nitrogen and oxygen atoms in total. The summed E-state index contributed by atoms with van der Waals surface area (Å²) in [6.07, 6.45) is 4.15. The van der Waals surface area contributed by atoms with Gasteiger partial charge in [-0.1, -0.05) is 44.5 Å². The number of ether oxygens (including phenoxy) is 1. The predicted molar refractivity (Wildman–Crippen MR) is 111 cm³/mol. The van der Waals surface area contributed by atoms with E-state index in [1.54, 1.807) is 24.1 Å². The number of nitrogens with one attached hydrogen (secondary N) is 1. The van der Waals surface area contributed by atoms with Crippen LogP contribution in [0.5, 0.6) is 5.75 Å². The van der Waals surface area contributed by atoms with E-state index >= 15 is 0 Å². The number of methoxy groups -OCH3 is 1. The summed E-state index contributed by atoms with van der Waals surface area (Å²) in [7, 11) is 1.58. The molecule has 1 saturated heterocycles. The third-order valence-electron chi connectivity index (χ3n) is 4.24. The molecule has 148 valence electrons. The molecule has 1 aromatic carbocycles. The van der Waals surface area contributed by atoms with Gasteiger partial charge >= 0.3 is 0 Å². The fourth-order valence-electron chi connectivity index (χ4n) is 2.70. The lowest BCUT2D eigenvalue weighted by Crippen LogP contribution is -2.34. The Balaban J connectivity index is 2.00. The first-order valence-corrected chi connectivity index (χ1v) is 10.4. The van der Waals surface area contributed by atoms with Crippen molar-refractivity contribution in [2.45, 2.75) is 51.2 Å². The van der Waals surface area contributed by atoms with Gasteiger partial charge in [-0.15, -0.1) is 0 Å². The first-order valence-electron chi connectivity index (χ1n) is 9.55. The molecule has 0 aliphatic carbocycles. The van der Waals surface area contributed by atoms with Gasteiger partial charge in [0.2, 0.25) is 11.8 Å². The molecular formula is C20H29N3O3S. The number of amidine groups is 1. The molecule has 1 heterocycles. The minimum atomic E-state index is -0.409. The molecule has 1 unspecified atom stereocenters. The summed E-state index contributed by atoms with van der Waals surface area (Å²) in [5, 5.41) is 3.20. The maximum atomic E-state index is 12.8. The first-order chi connectivity index (χ1) is 13.1.